The summed E-state index contributed by atoms with van der Waals surface area (Å²) in [6.07, 6.45) is 3.14. The predicted molar refractivity (Wildman–Crippen MR) is 83.3 cm³/mol. The maximum absolute atomic E-state index is 12.9. The number of fused-ring (bicyclic) bond motifs is 1. The molecule has 2 N–H and O–H groups in total. The molecule has 1 amide bonds. The smallest absolute Gasteiger partial charge is 0.290 e. The molecule has 0 aliphatic carbocycles. The lowest BCUT2D eigenvalue weighted by atomic mass is 9.96. The van der Waals surface area contributed by atoms with Crippen molar-refractivity contribution in [2.75, 3.05) is 6.54 Å². The van der Waals surface area contributed by atoms with Crippen molar-refractivity contribution in [2.45, 2.75) is 45.2 Å². The fourth-order valence-corrected chi connectivity index (χ4v) is 3.26. The molecule has 0 spiro atoms. The number of nitrogens with two attached hydrogens (primary N) is 1. The standard InChI is InChI=1S/C17H22N2O2/c1-11-13-7-3-4-9-15(13)21-16(11)17(20)19-10-6-5-8-14(19)12(2)18/h3-4,7,9,12,14H,5-6,8,10,18H2,1-2H3. The van der Waals surface area contributed by atoms with Crippen LogP contribution in [0.15, 0.2) is 28.7 Å². The molecule has 2 aromatic rings. The van der Waals surface area contributed by atoms with Gasteiger partial charge in [-0.1, -0.05) is 18.2 Å². The van der Waals surface area contributed by atoms with Crippen molar-refractivity contribution >= 4 is 16.9 Å². The van der Waals surface area contributed by atoms with Gasteiger partial charge in [0.1, 0.15) is 5.58 Å². The van der Waals surface area contributed by atoms with Gasteiger partial charge in [-0.25, -0.2) is 0 Å². The Morgan fingerprint density at radius 3 is 2.86 bits per heavy atom. The topological polar surface area (TPSA) is 59.5 Å². The highest BCUT2D eigenvalue weighted by atomic mass is 16.3. The average molecular weight is 286 g/mol. The van der Waals surface area contributed by atoms with Crippen molar-refractivity contribution in [3.05, 3.63) is 35.6 Å². The zero-order valence-electron chi connectivity index (χ0n) is 12.6. The van der Waals surface area contributed by atoms with Gasteiger partial charge in [0.2, 0.25) is 0 Å². The second-order valence-electron chi connectivity index (χ2n) is 5.97. The van der Waals surface area contributed by atoms with E-state index in [-0.39, 0.29) is 18.0 Å². The molecule has 1 saturated heterocycles. The fraction of sp³-hybridized carbons (Fsp3) is 0.471. The third-order valence-electron chi connectivity index (χ3n) is 4.45. The lowest BCUT2D eigenvalue weighted by Crippen LogP contribution is -2.51. The van der Waals surface area contributed by atoms with Gasteiger partial charge in [0.15, 0.2) is 5.76 Å². The summed E-state index contributed by atoms with van der Waals surface area (Å²) in [6, 6.07) is 7.87. The number of para-hydroxylation sites is 1. The summed E-state index contributed by atoms with van der Waals surface area (Å²) in [5, 5.41) is 1.01. The second-order valence-corrected chi connectivity index (χ2v) is 5.97. The van der Waals surface area contributed by atoms with Gasteiger partial charge in [-0.2, -0.15) is 0 Å². The van der Waals surface area contributed by atoms with Crippen molar-refractivity contribution in [3.63, 3.8) is 0 Å². The molecule has 2 unspecified atom stereocenters. The summed E-state index contributed by atoms with van der Waals surface area (Å²) in [4.78, 5) is 14.8. The molecule has 1 aliphatic rings. The first-order chi connectivity index (χ1) is 10.1. The maximum Gasteiger partial charge on any atom is 0.290 e. The molecule has 1 fully saturated rings. The number of hydrogen-bond donors (Lipinski definition) is 1. The van der Waals surface area contributed by atoms with Crippen LogP contribution in [0.3, 0.4) is 0 Å². The Bertz CT molecular complexity index is 660. The molecule has 3 rings (SSSR count). The molecule has 0 radical (unpaired) electrons. The van der Waals surface area contributed by atoms with Crippen LogP contribution in [-0.2, 0) is 0 Å². The number of aryl methyl sites for hydroxylation is 1. The number of amides is 1. The van der Waals surface area contributed by atoms with Crippen LogP contribution in [0.4, 0.5) is 0 Å². The summed E-state index contributed by atoms with van der Waals surface area (Å²) >= 11 is 0. The van der Waals surface area contributed by atoms with Crippen LogP contribution in [0, 0.1) is 6.92 Å². The van der Waals surface area contributed by atoms with E-state index in [2.05, 4.69) is 0 Å². The van der Waals surface area contributed by atoms with Gasteiger partial charge in [-0.15, -0.1) is 0 Å². The SMILES string of the molecule is Cc1c(C(=O)N2CCCCC2C(C)N)oc2ccccc12. The Morgan fingerprint density at radius 1 is 1.38 bits per heavy atom. The number of furan rings is 1. The summed E-state index contributed by atoms with van der Waals surface area (Å²) in [7, 11) is 0. The quantitative estimate of drug-likeness (QED) is 0.923. The Kier molecular flexibility index (Phi) is 3.72. The molecule has 2 atom stereocenters. The summed E-state index contributed by atoms with van der Waals surface area (Å²) in [5.41, 5.74) is 7.75. The van der Waals surface area contributed by atoms with Gasteiger partial charge in [0.25, 0.3) is 5.91 Å². The maximum atomic E-state index is 12.9. The molecular formula is C17H22N2O2. The van der Waals surface area contributed by atoms with E-state index < -0.39 is 0 Å². The number of benzene rings is 1. The van der Waals surface area contributed by atoms with Crippen molar-refractivity contribution in [3.8, 4) is 0 Å². The van der Waals surface area contributed by atoms with Crippen LogP contribution in [0.5, 0.6) is 0 Å². The first-order valence-corrected chi connectivity index (χ1v) is 7.64. The Morgan fingerprint density at radius 2 is 2.14 bits per heavy atom. The molecule has 0 saturated carbocycles. The molecule has 1 aromatic heterocycles. The van der Waals surface area contributed by atoms with Gasteiger partial charge in [0.05, 0.1) is 0 Å². The van der Waals surface area contributed by atoms with Gasteiger partial charge in [-0.3, -0.25) is 4.79 Å². The molecule has 0 bridgehead atoms. The van der Waals surface area contributed by atoms with Crippen LogP contribution >= 0.6 is 0 Å². The van der Waals surface area contributed by atoms with E-state index in [0.717, 1.165) is 42.3 Å². The molecule has 1 aliphatic heterocycles. The van der Waals surface area contributed by atoms with Crippen molar-refractivity contribution in [2.24, 2.45) is 5.73 Å². The number of carbonyl (C=O) groups is 1. The van der Waals surface area contributed by atoms with E-state index >= 15 is 0 Å². The minimum absolute atomic E-state index is 0.0149. The molecule has 112 valence electrons. The Hall–Kier alpha value is -1.81. The lowest BCUT2D eigenvalue weighted by Gasteiger charge is -2.37. The molecular weight excluding hydrogens is 264 g/mol. The second kappa shape index (κ2) is 5.53. The van der Waals surface area contributed by atoms with Gasteiger partial charge >= 0.3 is 0 Å². The van der Waals surface area contributed by atoms with Crippen LogP contribution in [0.2, 0.25) is 0 Å². The molecule has 21 heavy (non-hydrogen) atoms. The summed E-state index contributed by atoms with van der Waals surface area (Å²) in [6.45, 7) is 4.69. The van der Waals surface area contributed by atoms with E-state index in [1.807, 2.05) is 43.0 Å². The van der Waals surface area contributed by atoms with E-state index in [0.29, 0.717) is 5.76 Å². The minimum atomic E-state index is -0.0225. The fourth-order valence-electron chi connectivity index (χ4n) is 3.26. The highest BCUT2D eigenvalue weighted by Crippen LogP contribution is 2.28. The minimum Gasteiger partial charge on any atom is -0.451 e. The number of carbonyl (C=O) groups excluding carboxylic acids is 1. The van der Waals surface area contributed by atoms with Crippen molar-refractivity contribution in [1.82, 2.24) is 4.90 Å². The first-order valence-electron chi connectivity index (χ1n) is 7.64. The van der Waals surface area contributed by atoms with E-state index in [1.54, 1.807) is 0 Å². The molecule has 4 heteroatoms. The predicted octanol–water partition coefficient (Wildman–Crippen LogP) is 3.08. The highest BCUT2D eigenvalue weighted by molar-refractivity contribution is 5.99. The van der Waals surface area contributed by atoms with E-state index in [9.17, 15) is 4.79 Å². The van der Waals surface area contributed by atoms with Crippen LogP contribution in [0.1, 0.15) is 42.3 Å². The molecule has 4 nitrogen and oxygen atoms in total. The van der Waals surface area contributed by atoms with Gasteiger partial charge in [0, 0.05) is 29.6 Å². The summed E-state index contributed by atoms with van der Waals surface area (Å²) < 4.78 is 5.81. The van der Waals surface area contributed by atoms with Crippen LogP contribution < -0.4 is 5.73 Å². The van der Waals surface area contributed by atoms with Crippen LogP contribution in [0.25, 0.3) is 11.0 Å². The molecule has 1 aromatic carbocycles. The van der Waals surface area contributed by atoms with E-state index in [1.165, 1.54) is 0 Å². The lowest BCUT2D eigenvalue weighted by molar-refractivity contribution is 0.0553. The number of piperidine rings is 1. The normalized spacial score (nSPS) is 20.7. The number of nitrogens with zero attached hydrogens (tertiary/aromatic N) is 1. The summed E-state index contributed by atoms with van der Waals surface area (Å²) in [5.74, 6) is 0.439. The monoisotopic (exact) mass is 286 g/mol. The number of likely N-dealkylation sites (tertiary alicyclic amines) is 1. The Labute approximate surface area is 124 Å². The number of rotatable bonds is 2. The van der Waals surface area contributed by atoms with E-state index in [4.69, 9.17) is 10.2 Å². The Balaban J connectivity index is 1.97. The van der Waals surface area contributed by atoms with Crippen molar-refractivity contribution in [1.29, 1.82) is 0 Å². The highest BCUT2D eigenvalue weighted by Gasteiger charge is 2.32. The molecule has 2 heterocycles. The third kappa shape index (κ3) is 2.44. The van der Waals surface area contributed by atoms with Crippen LogP contribution in [-0.4, -0.2) is 29.4 Å². The third-order valence-corrected chi connectivity index (χ3v) is 4.45. The number of hydrogen-bond acceptors (Lipinski definition) is 3. The van der Waals surface area contributed by atoms with Crippen molar-refractivity contribution < 1.29 is 9.21 Å². The largest absolute Gasteiger partial charge is 0.451 e. The van der Waals surface area contributed by atoms with Gasteiger partial charge in [-0.05, 0) is 39.2 Å². The van der Waals surface area contributed by atoms with Gasteiger partial charge < -0.3 is 15.1 Å². The zero-order valence-corrected chi connectivity index (χ0v) is 12.6. The zero-order chi connectivity index (χ0) is 15.0. The average Bonchev–Trinajstić information content (AvgIpc) is 2.84. The first kappa shape index (κ1) is 14.1.